The maximum atomic E-state index is 12.6. The lowest BCUT2D eigenvalue weighted by Gasteiger charge is -2.42. The molecule has 17 heavy (non-hydrogen) atoms. The van der Waals surface area contributed by atoms with Crippen LogP contribution in [0.15, 0.2) is 0 Å². The Morgan fingerprint density at radius 3 is 2.94 bits per heavy atom. The number of ether oxygens (including phenoxy) is 1. The average Bonchev–Trinajstić information content (AvgIpc) is 2.85. The van der Waals surface area contributed by atoms with Crippen LogP contribution in [0.3, 0.4) is 0 Å². The van der Waals surface area contributed by atoms with Crippen LogP contribution in [-0.2, 0) is 9.53 Å². The van der Waals surface area contributed by atoms with Crippen LogP contribution in [0.2, 0.25) is 0 Å². The Morgan fingerprint density at radius 1 is 1.53 bits per heavy atom. The van der Waals surface area contributed by atoms with Crippen molar-refractivity contribution in [2.75, 3.05) is 19.7 Å². The Balaban J connectivity index is 2.12. The molecule has 1 saturated carbocycles. The molecule has 1 saturated heterocycles. The Bertz CT molecular complexity index is 289. The van der Waals surface area contributed by atoms with Crippen molar-refractivity contribution < 1.29 is 9.53 Å². The van der Waals surface area contributed by atoms with Crippen molar-refractivity contribution in [3.8, 4) is 0 Å². The van der Waals surface area contributed by atoms with E-state index in [2.05, 4.69) is 0 Å². The topological polar surface area (TPSA) is 55.6 Å². The third-order valence-corrected chi connectivity index (χ3v) is 4.49. The lowest BCUT2D eigenvalue weighted by molar-refractivity contribution is -0.153. The van der Waals surface area contributed by atoms with Crippen molar-refractivity contribution >= 4 is 5.91 Å². The zero-order valence-electron chi connectivity index (χ0n) is 10.9. The molecular weight excluding hydrogens is 216 g/mol. The molecule has 0 aromatic heterocycles. The minimum Gasteiger partial charge on any atom is -0.374 e. The van der Waals surface area contributed by atoms with Crippen molar-refractivity contribution in [1.29, 1.82) is 0 Å². The quantitative estimate of drug-likeness (QED) is 0.805. The molecular formula is C13H24N2O2. The van der Waals surface area contributed by atoms with Crippen LogP contribution < -0.4 is 5.73 Å². The molecule has 0 aromatic rings. The van der Waals surface area contributed by atoms with Crippen LogP contribution >= 0.6 is 0 Å². The van der Waals surface area contributed by atoms with Gasteiger partial charge in [-0.3, -0.25) is 4.79 Å². The van der Waals surface area contributed by atoms with Gasteiger partial charge in [0.05, 0.1) is 24.2 Å². The summed E-state index contributed by atoms with van der Waals surface area (Å²) in [4.78, 5) is 14.7. The lowest BCUT2D eigenvalue weighted by atomic mass is 9.85. The Hall–Kier alpha value is -0.610. The summed E-state index contributed by atoms with van der Waals surface area (Å²) in [5, 5.41) is 0. The van der Waals surface area contributed by atoms with Crippen molar-refractivity contribution in [3.63, 3.8) is 0 Å². The van der Waals surface area contributed by atoms with E-state index in [0.717, 1.165) is 25.8 Å². The number of morpholine rings is 1. The Labute approximate surface area is 103 Å². The molecule has 0 aromatic carbocycles. The summed E-state index contributed by atoms with van der Waals surface area (Å²) in [6.07, 6.45) is 4.43. The highest BCUT2D eigenvalue weighted by molar-refractivity contribution is 5.83. The maximum Gasteiger partial charge on any atom is 0.230 e. The zero-order chi connectivity index (χ0) is 12.5. The number of nitrogens with zero attached hydrogens (tertiary/aromatic N) is 1. The number of carbonyl (C=O) groups is 1. The molecule has 1 aliphatic carbocycles. The molecule has 98 valence electrons. The first-order valence-corrected chi connectivity index (χ1v) is 6.75. The number of hydrogen-bond acceptors (Lipinski definition) is 3. The van der Waals surface area contributed by atoms with Gasteiger partial charge in [0.25, 0.3) is 0 Å². The van der Waals surface area contributed by atoms with E-state index in [9.17, 15) is 4.79 Å². The van der Waals surface area contributed by atoms with E-state index < -0.39 is 5.41 Å². The lowest BCUT2D eigenvalue weighted by Crippen LogP contribution is -2.56. The second-order valence-electron chi connectivity index (χ2n) is 5.52. The fraction of sp³-hybridized carbons (Fsp3) is 0.923. The molecule has 1 amide bonds. The van der Waals surface area contributed by atoms with Crippen molar-refractivity contribution in [2.24, 2.45) is 11.1 Å². The molecule has 4 nitrogen and oxygen atoms in total. The van der Waals surface area contributed by atoms with Crippen molar-refractivity contribution in [2.45, 2.75) is 51.7 Å². The van der Waals surface area contributed by atoms with Crippen LogP contribution in [0.4, 0.5) is 0 Å². The van der Waals surface area contributed by atoms with Crippen LogP contribution in [-0.4, -0.2) is 42.6 Å². The monoisotopic (exact) mass is 240 g/mol. The average molecular weight is 240 g/mol. The summed E-state index contributed by atoms with van der Waals surface area (Å²) in [5.41, 5.74) is 5.39. The number of fused-ring (bicyclic) bond motifs is 1. The standard InChI is InChI=1S/C13H24N2O2/c1-3-13(2,9-14)12(16)15-7-8-17-11-6-4-5-10(11)15/h10-11H,3-9,14H2,1-2H3. The van der Waals surface area contributed by atoms with E-state index in [1.807, 2.05) is 18.7 Å². The van der Waals surface area contributed by atoms with Gasteiger partial charge < -0.3 is 15.4 Å². The van der Waals surface area contributed by atoms with E-state index in [-0.39, 0.29) is 12.0 Å². The van der Waals surface area contributed by atoms with Gasteiger partial charge in [-0.1, -0.05) is 6.92 Å². The smallest absolute Gasteiger partial charge is 0.230 e. The molecule has 3 atom stereocenters. The number of hydrogen-bond donors (Lipinski definition) is 1. The predicted octanol–water partition coefficient (Wildman–Crippen LogP) is 1.14. The van der Waals surface area contributed by atoms with Gasteiger partial charge in [-0.2, -0.15) is 0 Å². The summed E-state index contributed by atoms with van der Waals surface area (Å²) in [6.45, 7) is 5.86. The van der Waals surface area contributed by atoms with E-state index in [4.69, 9.17) is 10.5 Å². The Kier molecular flexibility index (Phi) is 3.73. The molecule has 2 rings (SSSR count). The minimum atomic E-state index is -0.398. The van der Waals surface area contributed by atoms with Gasteiger partial charge in [0, 0.05) is 13.1 Å². The first-order valence-electron chi connectivity index (χ1n) is 6.75. The summed E-state index contributed by atoms with van der Waals surface area (Å²) in [5.74, 6) is 0.225. The van der Waals surface area contributed by atoms with Gasteiger partial charge in [0.2, 0.25) is 5.91 Å². The fourth-order valence-electron chi connectivity index (χ4n) is 2.91. The third kappa shape index (κ3) is 2.20. The fourth-order valence-corrected chi connectivity index (χ4v) is 2.91. The minimum absolute atomic E-state index is 0.225. The van der Waals surface area contributed by atoms with Gasteiger partial charge >= 0.3 is 0 Å². The van der Waals surface area contributed by atoms with Crippen LogP contribution in [0.5, 0.6) is 0 Å². The van der Waals surface area contributed by atoms with E-state index in [1.165, 1.54) is 6.42 Å². The van der Waals surface area contributed by atoms with Crippen LogP contribution in [0.1, 0.15) is 39.5 Å². The molecule has 0 radical (unpaired) electrons. The first-order chi connectivity index (χ1) is 8.12. The SMILES string of the molecule is CCC(C)(CN)C(=O)N1CCOC2CCCC21. The summed E-state index contributed by atoms with van der Waals surface area (Å²) < 4.78 is 5.74. The number of amides is 1. The van der Waals surface area contributed by atoms with Gasteiger partial charge in [-0.15, -0.1) is 0 Å². The van der Waals surface area contributed by atoms with Gasteiger partial charge in [0.1, 0.15) is 0 Å². The molecule has 4 heteroatoms. The summed E-state index contributed by atoms with van der Waals surface area (Å²) in [6, 6.07) is 0.300. The van der Waals surface area contributed by atoms with Gasteiger partial charge in [0.15, 0.2) is 0 Å². The molecule has 1 aliphatic heterocycles. The second-order valence-corrected chi connectivity index (χ2v) is 5.52. The second kappa shape index (κ2) is 4.94. The highest BCUT2D eigenvalue weighted by atomic mass is 16.5. The Morgan fingerprint density at radius 2 is 2.29 bits per heavy atom. The largest absolute Gasteiger partial charge is 0.374 e. The van der Waals surface area contributed by atoms with Gasteiger partial charge in [-0.25, -0.2) is 0 Å². The van der Waals surface area contributed by atoms with E-state index in [0.29, 0.717) is 19.2 Å². The molecule has 2 aliphatic rings. The van der Waals surface area contributed by atoms with Crippen molar-refractivity contribution in [3.05, 3.63) is 0 Å². The van der Waals surface area contributed by atoms with E-state index >= 15 is 0 Å². The predicted molar refractivity (Wildman–Crippen MR) is 66.5 cm³/mol. The molecule has 2 N–H and O–H groups in total. The maximum absolute atomic E-state index is 12.6. The molecule has 0 spiro atoms. The summed E-state index contributed by atoms with van der Waals surface area (Å²) in [7, 11) is 0. The zero-order valence-corrected chi connectivity index (χ0v) is 10.9. The highest BCUT2D eigenvalue weighted by Crippen LogP contribution is 2.33. The molecule has 1 heterocycles. The normalized spacial score (nSPS) is 32.1. The number of nitrogens with two attached hydrogens (primary N) is 1. The molecule has 2 fully saturated rings. The van der Waals surface area contributed by atoms with Crippen LogP contribution in [0.25, 0.3) is 0 Å². The highest BCUT2D eigenvalue weighted by Gasteiger charge is 2.43. The molecule has 3 unspecified atom stereocenters. The number of rotatable bonds is 3. The first kappa shape index (κ1) is 12.8. The third-order valence-electron chi connectivity index (χ3n) is 4.49. The van der Waals surface area contributed by atoms with E-state index in [1.54, 1.807) is 0 Å². The summed E-state index contributed by atoms with van der Waals surface area (Å²) >= 11 is 0. The van der Waals surface area contributed by atoms with Crippen molar-refractivity contribution in [1.82, 2.24) is 4.90 Å². The van der Waals surface area contributed by atoms with Crippen LogP contribution in [0, 0.1) is 5.41 Å². The number of carbonyl (C=O) groups excluding carboxylic acids is 1. The molecule has 0 bridgehead atoms. The van der Waals surface area contributed by atoms with Gasteiger partial charge in [-0.05, 0) is 32.6 Å².